The SMILES string of the molecule is C=C([O-])C[CH2-].[Mg+2].[NH-]CC(=O)[O-].[OH-].[OH-]. The Hall–Kier alpha value is -0.344. The molecule has 0 aliphatic heterocycles. The summed E-state index contributed by atoms with van der Waals surface area (Å²) in [5.74, 6) is -1.44. The monoisotopic (exact) mass is 201 g/mol. The summed E-state index contributed by atoms with van der Waals surface area (Å²) in [6.07, 6.45) is 0.306. The maximum atomic E-state index is 9.64. The van der Waals surface area contributed by atoms with E-state index in [0.717, 1.165) is 0 Å². The van der Waals surface area contributed by atoms with E-state index in [0.29, 0.717) is 6.42 Å². The summed E-state index contributed by atoms with van der Waals surface area (Å²) in [5, 5.41) is 18.7. The third-order valence-electron chi connectivity index (χ3n) is 0.423. The van der Waals surface area contributed by atoms with Crippen molar-refractivity contribution in [2.45, 2.75) is 6.42 Å². The molecule has 3 N–H and O–H groups in total. The van der Waals surface area contributed by atoms with Gasteiger partial charge in [0.2, 0.25) is 0 Å². The Labute approximate surface area is 93.2 Å². The van der Waals surface area contributed by atoms with Crippen LogP contribution < -0.4 is 10.2 Å². The number of hydrogen-bond acceptors (Lipinski definition) is 5. The van der Waals surface area contributed by atoms with Crippen LogP contribution in [0.4, 0.5) is 0 Å². The van der Waals surface area contributed by atoms with Crippen molar-refractivity contribution in [3.8, 4) is 0 Å². The molecule has 13 heavy (non-hydrogen) atoms. The number of carbonyl (C=O) groups is 1. The predicted octanol–water partition coefficient (Wildman–Crippen LogP) is -1.86. The van der Waals surface area contributed by atoms with Crippen LogP contribution >= 0.6 is 0 Å². The first-order valence-electron chi connectivity index (χ1n) is 2.53. The number of carboxylic acids is 1. The van der Waals surface area contributed by atoms with Gasteiger partial charge in [0.25, 0.3) is 0 Å². The fraction of sp³-hybridized carbons (Fsp3) is 0.333. The van der Waals surface area contributed by atoms with Crippen LogP contribution in [0.25, 0.3) is 5.73 Å². The number of allylic oxidation sites excluding steroid dienone is 1. The van der Waals surface area contributed by atoms with Gasteiger partial charge in [-0.05, 0) is 0 Å². The fourth-order valence-corrected chi connectivity index (χ4v) is 0. The minimum atomic E-state index is -1.33. The molecule has 0 fully saturated rings. The second-order valence-corrected chi connectivity index (χ2v) is 1.34. The van der Waals surface area contributed by atoms with Crippen LogP contribution in [0.5, 0.6) is 0 Å². The molecule has 0 saturated heterocycles. The molecular formula is C6H11MgNO5-4. The molecule has 0 bridgehead atoms. The predicted molar refractivity (Wildman–Crippen MR) is 42.9 cm³/mol. The Balaban J connectivity index is -0.0000000267. The van der Waals surface area contributed by atoms with Crippen molar-refractivity contribution >= 4 is 29.0 Å². The largest absolute Gasteiger partial charge is 2.00 e. The van der Waals surface area contributed by atoms with Gasteiger partial charge in [-0.25, -0.2) is 0 Å². The van der Waals surface area contributed by atoms with Gasteiger partial charge >= 0.3 is 23.1 Å². The van der Waals surface area contributed by atoms with Crippen LogP contribution in [0.15, 0.2) is 12.3 Å². The van der Waals surface area contributed by atoms with Gasteiger partial charge in [-0.2, -0.15) is 12.2 Å². The van der Waals surface area contributed by atoms with E-state index in [9.17, 15) is 5.11 Å². The smallest absolute Gasteiger partial charge is 0.878 e. The van der Waals surface area contributed by atoms with Crippen molar-refractivity contribution in [1.82, 2.24) is 0 Å². The zero-order chi connectivity index (χ0) is 8.57. The van der Waals surface area contributed by atoms with E-state index in [1.165, 1.54) is 0 Å². The van der Waals surface area contributed by atoms with Gasteiger partial charge in [0.15, 0.2) is 0 Å². The number of hydrogen-bond donors (Lipinski definition) is 0. The third kappa shape index (κ3) is 81.3. The van der Waals surface area contributed by atoms with Gasteiger partial charge in [-0.1, -0.05) is 0 Å². The summed E-state index contributed by atoms with van der Waals surface area (Å²) in [5.41, 5.74) is 6.00. The van der Waals surface area contributed by atoms with E-state index in [1.54, 1.807) is 0 Å². The van der Waals surface area contributed by atoms with Crippen molar-refractivity contribution < 1.29 is 26.0 Å². The molecule has 0 rings (SSSR count). The molecule has 76 valence electrons. The molecule has 0 unspecified atom stereocenters. The number of carbonyl (C=O) groups excluding carboxylic acids is 1. The molecule has 7 heteroatoms. The molecule has 0 atom stereocenters. The van der Waals surface area contributed by atoms with Gasteiger partial charge in [0, 0.05) is 5.97 Å². The minimum absolute atomic E-state index is 0. The first kappa shape index (κ1) is 29.3. The molecular weight excluding hydrogens is 190 g/mol. The van der Waals surface area contributed by atoms with Gasteiger partial charge in [-0.3, -0.25) is 0 Å². The van der Waals surface area contributed by atoms with Gasteiger partial charge in [0.05, 0.1) is 0 Å². The standard InChI is InChI=1S/C4H7O.C2H4NO2.Mg.2H2O/c1-3-4(2)5;3-1-2(4)5;;;/h5H,1-3H2;3H,1H2,(H,4,5);;2*1H2/q2*-1;+2;;/p-4. The second-order valence-electron chi connectivity index (χ2n) is 1.34. The summed E-state index contributed by atoms with van der Waals surface area (Å²) in [7, 11) is 0. The molecule has 6 nitrogen and oxygen atoms in total. The quantitative estimate of drug-likeness (QED) is 0.292. The number of carboxylic acid groups (broad SMARTS) is 1. The second kappa shape index (κ2) is 22.6. The number of nitrogens with one attached hydrogen (secondary N) is 1. The molecule has 0 aromatic heterocycles. The normalized spacial score (nSPS) is 5.69. The zero-order valence-electron chi connectivity index (χ0n) is 7.15. The molecule has 0 spiro atoms. The Bertz CT molecular complexity index is 106. The molecule has 0 amide bonds. The first-order valence-corrected chi connectivity index (χ1v) is 2.53. The topological polar surface area (TPSA) is 147 Å². The molecule has 0 radical (unpaired) electrons. The summed E-state index contributed by atoms with van der Waals surface area (Å²) in [6.45, 7) is 5.69. The number of aliphatic carboxylic acids is 1. The maximum Gasteiger partial charge on any atom is 2.00 e. The van der Waals surface area contributed by atoms with Crippen molar-refractivity contribution in [3.05, 3.63) is 25.0 Å². The average Bonchev–Trinajstić information content (AvgIpc) is 1.89. The van der Waals surface area contributed by atoms with Gasteiger partial charge < -0.3 is 38.6 Å². The molecule has 0 heterocycles. The van der Waals surface area contributed by atoms with Crippen molar-refractivity contribution in [2.75, 3.05) is 6.54 Å². The Morgan fingerprint density at radius 3 is 1.54 bits per heavy atom. The van der Waals surface area contributed by atoms with Gasteiger partial charge in [-0.15, -0.1) is 13.1 Å². The Morgan fingerprint density at radius 2 is 1.54 bits per heavy atom. The van der Waals surface area contributed by atoms with E-state index in [-0.39, 0.29) is 39.8 Å². The molecule has 0 aliphatic carbocycles. The molecule has 0 aromatic rings. The minimum Gasteiger partial charge on any atom is -0.878 e. The van der Waals surface area contributed by atoms with Crippen LogP contribution in [0, 0.1) is 6.92 Å². The van der Waals surface area contributed by atoms with E-state index in [4.69, 9.17) is 15.6 Å². The molecule has 0 aromatic carbocycles. The third-order valence-corrected chi connectivity index (χ3v) is 0.423. The molecule has 0 saturated carbocycles. The van der Waals surface area contributed by atoms with Crippen molar-refractivity contribution in [3.63, 3.8) is 0 Å². The molecule has 0 aliphatic rings. The Kier molecular flexibility index (Phi) is 51.0. The van der Waals surface area contributed by atoms with Gasteiger partial charge in [0.1, 0.15) is 0 Å². The van der Waals surface area contributed by atoms with Crippen LogP contribution in [-0.4, -0.2) is 46.5 Å². The van der Waals surface area contributed by atoms with Crippen molar-refractivity contribution in [1.29, 1.82) is 0 Å². The van der Waals surface area contributed by atoms with Crippen LogP contribution in [-0.2, 0) is 4.79 Å². The van der Waals surface area contributed by atoms with E-state index in [2.05, 4.69) is 13.5 Å². The summed E-state index contributed by atoms with van der Waals surface area (Å²) in [4.78, 5) is 9.07. The fourth-order valence-electron chi connectivity index (χ4n) is 0. The van der Waals surface area contributed by atoms with Crippen LogP contribution in [0.3, 0.4) is 0 Å². The summed E-state index contributed by atoms with van der Waals surface area (Å²) in [6, 6.07) is 0. The summed E-state index contributed by atoms with van der Waals surface area (Å²) >= 11 is 0. The zero-order valence-corrected chi connectivity index (χ0v) is 8.57. The van der Waals surface area contributed by atoms with Crippen LogP contribution in [0.1, 0.15) is 6.42 Å². The average molecular weight is 201 g/mol. The van der Waals surface area contributed by atoms with Crippen LogP contribution in [0.2, 0.25) is 0 Å². The Morgan fingerprint density at radius 1 is 1.38 bits per heavy atom. The van der Waals surface area contributed by atoms with E-state index in [1.807, 2.05) is 0 Å². The van der Waals surface area contributed by atoms with E-state index < -0.39 is 12.5 Å². The maximum absolute atomic E-state index is 9.64. The van der Waals surface area contributed by atoms with E-state index >= 15 is 0 Å². The number of rotatable bonds is 2. The summed E-state index contributed by atoms with van der Waals surface area (Å²) < 4.78 is 0. The van der Waals surface area contributed by atoms with Crippen molar-refractivity contribution in [2.24, 2.45) is 0 Å². The first-order chi connectivity index (χ1) is 4.54.